The van der Waals surface area contributed by atoms with Crippen molar-refractivity contribution in [1.82, 2.24) is 5.32 Å². The van der Waals surface area contributed by atoms with Crippen LogP contribution in [0.2, 0.25) is 0 Å². The SMILES string of the molecule is O=C(Nc1ccc(-c2cccc(O)c2O)c2c1C(=O)NC2)c1ccc(F)cc1. The van der Waals surface area contributed by atoms with Gasteiger partial charge in [-0.05, 0) is 47.5 Å². The Hall–Kier alpha value is -3.87. The quantitative estimate of drug-likeness (QED) is 0.525. The lowest BCUT2D eigenvalue weighted by Gasteiger charge is -2.14. The minimum Gasteiger partial charge on any atom is -0.504 e. The Bertz CT molecular complexity index is 1110. The molecule has 0 bridgehead atoms. The fourth-order valence-corrected chi connectivity index (χ4v) is 3.25. The number of hydrogen-bond acceptors (Lipinski definition) is 4. The molecule has 6 nitrogen and oxygen atoms in total. The smallest absolute Gasteiger partial charge is 0.255 e. The highest BCUT2D eigenvalue weighted by molar-refractivity contribution is 6.11. The van der Waals surface area contributed by atoms with Gasteiger partial charge in [0.2, 0.25) is 0 Å². The fourth-order valence-electron chi connectivity index (χ4n) is 3.25. The highest BCUT2D eigenvalue weighted by Gasteiger charge is 2.28. The van der Waals surface area contributed by atoms with Crippen molar-refractivity contribution in [3.05, 3.63) is 77.1 Å². The van der Waals surface area contributed by atoms with E-state index in [4.69, 9.17) is 0 Å². The number of nitrogens with one attached hydrogen (secondary N) is 2. The molecular weight excluding hydrogens is 363 g/mol. The van der Waals surface area contributed by atoms with Crippen LogP contribution in [-0.4, -0.2) is 22.0 Å². The third-order valence-corrected chi connectivity index (χ3v) is 4.63. The number of halogens is 1. The van der Waals surface area contributed by atoms with Gasteiger partial charge >= 0.3 is 0 Å². The monoisotopic (exact) mass is 378 g/mol. The summed E-state index contributed by atoms with van der Waals surface area (Å²) in [4.78, 5) is 24.8. The lowest BCUT2D eigenvalue weighted by molar-refractivity contribution is 0.0966. The molecule has 7 heteroatoms. The summed E-state index contributed by atoms with van der Waals surface area (Å²) >= 11 is 0. The van der Waals surface area contributed by atoms with Crippen LogP contribution in [0, 0.1) is 5.82 Å². The Morgan fingerprint density at radius 2 is 1.75 bits per heavy atom. The molecule has 4 N–H and O–H groups in total. The van der Waals surface area contributed by atoms with Gasteiger partial charge in [-0.2, -0.15) is 0 Å². The number of para-hydroxylation sites is 1. The van der Waals surface area contributed by atoms with E-state index in [0.29, 0.717) is 22.4 Å². The first-order valence-electron chi connectivity index (χ1n) is 8.48. The van der Waals surface area contributed by atoms with E-state index in [1.165, 1.54) is 30.3 Å². The maximum Gasteiger partial charge on any atom is 0.255 e. The number of hydrogen-bond donors (Lipinski definition) is 4. The topological polar surface area (TPSA) is 98.7 Å². The molecule has 28 heavy (non-hydrogen) atoms. The van der Waals surface area contributed by atoms with Crippen molar-refractivity contribution in [3.8, 4) is 22.6 Å². The number of phenolic OH excluding ortho intramolecular Hbond substituents is 2. The second kappa shape index (κ2) is 6.70. The Labute approximate surface area is 159 Å². The summed E-state index contributed by atoms with van der Waals surface area (Å²) in [5.41, 5.74) is 2.40. The minimum atomic E-state index is -0.477. The van der Waals surface area contributed by atoms with Crippen molar-refractivity contribution in [3.63, 3.8) is 0 Å². The van der Waals surface area contributed by atoms with E-state index in [0.717, 1.165) is 0 Å². The molecule has 1 aliphatic rings. The second-order valence-electron chi connectivity index (χ2n) is 6.33. The predicted octanol–water partition coefficient (Wildman–Crippen LogP) is 3.40. The molecule has 1 heterocycles. The molecule has 0 saturated carbocycles. The van der Waals surface area contributed by atoms with Crippen molar-refractivity contribution < 1.29 is 24.2 Å². The standard InChI is InChI=1S/C21H15FN2O4/c22-12-6-4-11(5-7-12)20(27)24-16-9-8-13(15-10-23-21(28)18(15)16)14-2-1-3-17(25)19(14)26/h1-9,25-26H,10H2,(H,23,28)(H,24,27). The number of fused-ring (bicyclic) bond motifs is 1. The maximum atomic E-state index is 13.1. The normalized spacial score (nSPS) is 12.4. The Morgan fingerprint density at radius 3 is 2.50 bits per heavy atom. The van der Waals surface area contributed by atoms with Crippen LogP contribution in [0.5, 0.6) is 11.5 Å². The number of benzene rings is 3. The summed E-state index contributed by atoms with van der Waals surface area (Å²) < 4.78 is 13.1. The number of carbonyl (C=O) groups excluding carboxylic acids is 2. The summed E-state index contributed by atoms with van der Waals surface area (Å²) in [6, 6.07) is 12.9. The Morgan fingerprint density at radius 1 is 1.00 bits per heavy atom. The van der Waals surface area contributed by atoms with Crippen LogP contribution in [0.4, 0.5) is 10.1 Å². The molecule has 3 aromatic carbocycles. The van der Waals surface area contributed by atoms with Crippen LogP contribution in [0.25, 0.3) is 11.1 Å². The van der Waals surface area contributed by atoms with Crippen LogP contribution in [0.15, 0.2) is 54.6 Å². The molecule has 0 unspecified atom stereocenters. The molecule has 0 aromatic heterocycles. The first kappa shape index (κ1) is 17.5. The third kappa shape index (κ3) is 2.92. The molecule has 0 saturated heterocycles. The van der Waals surface area contributed by atoms with Gasteiger partial charge in [0.05, 0.1) is 11.3 Å². The molecule has 0 aliphatic carbocycles. The van der Waals surface area contributed by atoms with Gasteiger partial charge in [0.15, 0.2) is 11.5 Å². The van der Waals surface area contributed by atoms with Gasteiger partial charge in [0, 0.05) is 17.7 Å². The molecular formula is C21H15FN2O4. The summed E-state index contributed by atoms with van der Waals surface area (Å²) in [7, 11) is 0. The van der Waals surface area contributed by atoms with Gasteiger partial charge < -0.3 is 20.8 Å². The highest BCUT2D eigenvalue weighted by atomic mass is 19.1. The van der Waals surface area contributed by atoms with E-state index >= 15 is 0 Å². The van der Waals surface area contributed by atoms with Gasteiger partial charge in [-0.25, -0.2) is 4.39 Å². The van der Waals surface area contributed by atoms with Gasteiger partial charge in [0.25, 0.3) is 11.8 Å². The average molecular weight is 378 g/mol. The van der Waals surface area contributed by atoms with E-state index in [1.54, 1.807) is 24.3 Å². The number of rotatable bonds is 3. The average Bonchev–Trinajstić information content (AvgIpc) is 3.07. The third-order valence-electron chi connectivity index (χ3n) is 4.63. The van der Waals surface area contributed by atoms with Crippen LogP contribution in [0.1, 0.15) is 26.3 Å². The summed E-state index contributed by atoms with van der Waals surface area (Å²) in [6.07, 6.45) is 0. The van der Waals surface area contributed by atoms with Gasteiger partial charge in [-0.1, -0.05) is 18.2 Å². The van der Waals surface area contributed by atoms with Gasteiger partial charge in [0.1, 0.15) is 5.82 Å². The number of carbonyl (C=O) groups is 2. The number of amides is 2. The molecule has 0 fully saturated rings. The molecule has 4 rings (SSSR count). The molecule has 2 amide bonds. The zero-order valence-corrected chi connectivity index (χ0v) is 14.5. The van der Waals surface area contributed by atoms with Crippen molar-refractivity contribution in [2.45, 2.75) is 6.54 Å². The second-order valence-corrected chi connectivity index (χ2v) is 6.33. The van der Waals surface area contributed by atoms with E-state index in [-0.39, 0.29) is 35.1 Å². The summed E-state index contributed by atoms with van der Waals surface area (Å²) in [6.45, 7) is 0.221. The zero-order chi connectivity index (χ0) is 19.8. The lowest BCUT2D eigenvalue weighted by atomic mass is 9.94. The van der Waals surface area contributed by atoms with Gasteiger partial charge in [-0.15, -0.1) is 0 Å². The zero-order valence-electron chi connectivity index (χ0n) is 14.5. The Balaban J connectivity index is 1.76. The molecule has 0 atom stereocenters. The van der Waals surface area contributed by atoms with Crippen LogP contribution >= 0.6 is 0 Å². The fraction of sp³-hybridized carbons (Fsp3) is 0.0476. The van der Waals surface area contributed by atoms with E-state index in [2.05, 4.69) is 10.6 Å². The van der Waals surface area contributed by atoms with E-state index in [9.17, 15) is 24.2 Å². The number of anilines is 1. The predicted molar refractivity (Wildman–Crippen MR) is 101 cm³/mol. The van der Waals surface area contributed by atoms with Crippen LogP contribution in [-0.2, 0) is 6.54 Å². The van der Waals surface area contributed by atoms with Crippen molar-refractivity contribution in [2.24, 2.45) is 0 Å². The van der Waals surface area contributed by atoms with Crippen molar-refractivity contribution in [1.29, 1.82) is 0 Å². The first-order chi connectivity index (χ1) is 13.5. The molecule has 140 valence electrons. The van der Waals surface area contributed by atoms with Crippen LogP contribution in [0.3, 0.4) is 0 Å². The first-order valence-corrected chi connectivity index (χ1v) is 8.48. The number of aromatic hydroxyl groups is 2. The number of phenols is 2. The van der Waals surface area contributed by atoms with Gasteiger partial charge in [-0.3, -0.25) is 9.59 Å². The van der Waals surface area contributed by atoms with E-state index < -0.39 is 11.7 Å². The Kier molecular flexibility index (Phi) is 4.19. The van der Waals surface area contributed by atoms with Crippen LogP contribution < -0.4 is 10.6 Å². The molecule has 0 spiro atoms. The summed E-state index contributed by atoms with van der Waals surface area (Å²) in [5.74, 6) is -1.84. The largest absolute Gasteiger partial charge is 0.504 e. The molecule has 3 aromatic rings. The molecule has 1 aliphatic heterocycles. The lowest BCUT2D eigenvalue weighted by Crippen LogP contribution is -2.17. The minimum absolute atomic E-state index is 0.221. The van der Waals surface area contributed by atoms with E-state index in [1.807, 2.05) is 0 Å². The highest BCUT2D eigenvalue weighted by Crippen LogP contribution is 2.41. The van der Waals surface area contributed by atoms with Crippen molar-refractivity contribution in [2.75, 3.05) is 5.32 Å². The summed E-state index contributed by atoms with van der Waals surface area (Å²) in [5, 5.41) is 25.3. The maximum absolute atomic E-state index is 13.1. The van der Waals surface area contributed by atoms with Crippen molar-refractivity contribution >= 4 is 17.5 Å². The molecule has 0 radical (unpaired) electrons.